The number of rotatable bonds is 1. The summed E-state index contributed by atoms with van der Waals surface area (Å²) in [4.78, 5) is 11.2. The van der Waals surface area contributed by atoms with Crippen molar-refractivity contribution < 1.29 is 9.90 Å². The van der Waals surface area contributed by atoms with Gasteiger partial charge in [0.25, 0.3) is 0 Å². The number of aromatic hydroxyl groups is 1. The van der Waals surface area contributed by atoms with E-state index in [0.29, 0.717) is 18.7 Å². The Morgan fingerprint density at radius 1 is 1.57 bits per heavy atom. The molecule has 2 rings (SSSR count). The molecule has 1 aliphatic heterocycles. The van der Waals surface area contributed by atoms with Gasteiger partial charge in [0.05, 0.1) is 6.04 Å². The van der Waals surface area contributed by atoms with Crippen LogP contribution in [-0.4, -0.2) is 16.9 Å². The van der Waals surface area contributed by atoms with E-state index in [0.717, 1.165) is 11.1 Å². The summed E-state index contributed by atoms with van der Waals surface area (Å²) in [6.45, 7) is 2.16. The van der Waals surface area contributed by atoms with Crippen LogP contribution in [0.4, 0.5) is 0 Å². The van der Waals surface area contributed by atoms with Gasteiger partial charge < -0.3 is 10.4 Å². The fraction of sp³-hybridized carbons (Fsp3) is 0.364. The molecule has 14 heavy (non-hydrogen) atoms. The van der Waals surface area contributed by atoms with Crippen LogP contribution in [0.3, 0.4) is 0 Å². The van der Waals surface area contributed by atoms with Crippen molar-refractivity contribution in [2.24, 2.45) is 0 Å². The number of nitrogens with one attached hydrogen (secondary N) is 1. The van der Waals surface area contributed by atoms with Gasteiger partial charge >= 0.3 is 0 Å². The van der Waals surface area contributed by atoms with E-state index in [1.807, 2.05) is 12.1 Å². The second-order valence-electron chi connectivity index (χ2n) is 3.66. The standard InChI is InChI=1S/C11H13NO2/c1-7(13)10-5-8-3-2-4-11(14)9(8)6-12-10/h2-4,10,12,14H,5-6H2,1H3. The molecule has 0 fully saturated rings. The third kappa shape index (κ3) is 1.51. The summed E-state index contributed by atoms with van der Waals surface area (Å²) in [6.07, 6.45) is 0.680. The molecule has 1 aromatic rings. The van der Waals surface area contributed by atoms with Gasteiger partial charge in [-0.25, -0.2) is 0 Å². The Morgan fingerprint density at radius 3 is 3.07 bits per heavy atom. The number of hydrogen-bond acceptors (Lipinski definition) is 3. The predicted octanol–water partition coefficient (Wildman–Crippen LogP) is 0.995. The van der Waals surface area contributed by atoms with Gasteiger partial charge in [-0.1, -0.05) is 12.1 Å². The van der Waals surface area contributed by atoms with Crippen LogP contribution in [0.2, 0.25) is 0 Å². The maximum atomic E-state index is 11.2. The molecule has 1 aromatic carbocycles. The summed E-state index contributed by atoms with van der Waals surface area (Å²) < 4.78 is 0. The van der Waals surface area contributed by atoms with E-state index in [2.05, 4.69) is 5.32 Å². The van der Waals surface area contributed by atoms with Gasteiger partial charge in [0.1, 0.15) is 11.5 Å². The molecule has 0 radical (unpaired) electrons. The monoisotopic (exact) mass is 191 g/mol. The lowest BCUT2D eigenvalue weighted by molar-refractivity contribution is -0.119. The average Bonchev–Trinajstić information content (AvgIpc) is 2.17. The van der Waals surface area contributed by atoms with Gasteiger partial charge in [0.15, 0.2) is 0 Å². The molecule has 74 valence electrons. The molecule has 1 unspecified atom stereocenters. The highest BCUT2D eigenvalue weighted by Gasteiger charge is 2.22. The Balaban J connectivity index is 2.31. The molecular weight excluding hydrogens is 178 g/mol. The normalized spacial score (nSPS) is 20.2. The quantitative estimate of drug-likeness (QED) is 0.696. The Kier molecular flexibility index (Phi) is 2.25. The van der Waals surface area contributed by atoms with Crippen LogP contribution in [0.5, 0.6) is 5.75 Å². The van der Waals surface area contributed by atoms with E-state index >= 15 is 0 Å². The molecule has 1 heterocycles. The molecule has 0 aliphatic carbocycles. The van der Waals surface area contributed by atoms with Crippen molar-refractivity contribution in [2.75, 3.05) is 0 Å². The second-order valence-corrected chi connectivity index (χ2v) is 3.66. The van der Waals surface area contributed by atoms with Gasteiger partial charge in [0, 0.05) is 12.1 Å². The zero-order valence-corrected chi connectivity index (χ0v) is 8.08. The van der Waals surface area contributed by atoms with E-state index in [-0.39, 0.29) is 11.8 Å². The molecule has 3 heteroatoms. The van der Waals surface area contributed by atoms with Gasteiger partial charge in [-0.2, -0.15) is 0 Å². The minimum absolute atomic E-state index is 0.0932. The third-order valence-electron chi connectivity index (χ3n) is 2.69. The Hall–Kier alpha value is -1.35. The van der Waals surface area contributed by atoms with Crippen LogP contribution >= 0.6 is 0 Å². The van der Waals surface area contributed by atoms with Crippen LogP contribution < -0.4 is 5.32 Å². The minimum Gasteiger partial charge on any atom is -0.508 e. The Morgan fingerprint density at radius 2 is 2.36 bits per heavy atom. The SMILES string of the molecule is CC(=O)C1Cc2cccc(O)c2CN1. The highest BCUT2D eigenvalue weighted by atomic mass is 16.3. The predicted molar refractivity (Wildman–Crippen MR) is 53.1 cm³/mol. The summed E-state index contributed by atoms with van der Waals surface area (Å²) in [5.41, 5.74) is 1.99. The first-order valence-corrected chi connectivity index (χ1v) is 4.72. The van der Waals surface area contributed by atoms with E-state index in [9.17, 15) is 9.90 Å². The van der Waals surface area contributed by atoms with Crippen molar-refractivity contribution >= 4 is 5.78 Å². The van der Waals surface area contributed by atoms with E-state index in [1.165, 1.54) is 0 Å². The molecule has 1 atom stereocenters. The van der Waals surface area contributed by atoms with Crippen LogP contribution in [-0.2, 0) is 17.8 Å². The Labute approximate surface area is 82.8 Å². The van der Waals surface area contributed by atoms with Gasteiger partial charge in [-0.3, -0.25) is 4.79 Å². The molecule has 0 saturated heterocycles. The van der Waals surface area contributed by atoms with Crippen LogP contribution in [0.1, 0.15) is 18.1 Å². The van der Waals surface area contributed by atoms with Gasteiger partial charge in [-0.15, -0.1) is 0 Å². The lowest BCUT2D eigenvalue weighted by Gasteiger charge is -2.24. The minimum atomic E-state index is -0.0932. The number of fused-ring (bicyclic) bond motifs is 1. The molecule has 0 saturated carbocycles. The Bertz CT molecular complexity index is 374. The summed E-state index contributed by atoms with van der Waals surface area (Å²) in [5.74, 6) is 0.469. The number of carbonyl (C=O) groups excluding carboxylic acids is 1. The average molecular weight is 191 g/mol. The second kappa shape index (κ2) is 3.42. The number of phenolic OH excluding ortho intramolecular Hbond substituents is 1. The molecule has 0 aromatic heterocycles. The van der Waals surface area contributed by atoms with Crippen LogP contribution in [0, 0.1) is 0 Å². The van der Waals surface area contributed by atoms with E-state index in [4.69, 9.17) is 0 Å². The molecule has 3 nitrogen and oxygen atoms in total. The topological polar surface area (TPSA) is 49.3 Å². The number of ketones is 1. The number of hydrogen-bond donors (Lipinski definition) is 2. The summed E-state index contributed by atoms with van der Waals surface area (Å²) in [7, 11) is 0. The first kappa shape index (κ1) is 9.21. The van der Waals surface area contributed by atoms with Crippen molar-refractivity contribution in [3.63, 3.8) is 0 Å². The highest BCUT2D eigenvalue weighted by molar-refractivity contribution is 5.82. The van der Waals surface area contributed by atoms with Crippen molar-refractivity contribution in [1.29, 1.82) is 0 Å². The van der Waals surface area contributed by atoms with E-state index in [1.54, 1.807) is 13.0 Å². The van der Waals surface area contributed by atoms with Crippen LogP contribution in [0.25, 0.3) is 0 Å². The zero-order chi connectivity index (χ0) is 10.1. The molecule has 0 bridgehead atoms. The first-order valence-electron chi connectivity index (χ1n) is 4.72. The van der Waals surface area contributed by atoms with Crippen LogP contribution in [0.15, 0.2) is 18.2 Å². The summed E-state index contributed by atoms with van der Waals surface area (Å²) in [5, 5.41) is 12.7. The molecule has 0 amide bonds. The van der Waals surface area contributed by atoms with Crippen molar-refractivity contribution in [2.45, 2.75) is 25.9 Å². The van der Waals surface area contributed by atoms with Crippen molar-refractivity contribution in [3.8, 4) is 5.75 Å². The maximum absolute atomic E-state index is 11.2. The highest BCUT2D eigenvalue weighted by Crippen LogP contribution is 2.25. The molecule has 2 N–H and O–H groups in total. The lowest BCUT2D eigenvalue weighted by atomic mass is 9.93. The van der Waals surface area contributed by atoms with Crippen molar-refractivity contribution in [1.82, 2.24) is 5.32 Å². The number of carbonyl (C=O) groups is 1. The smallest absolute Gasteiger partial charge is 0.147 e. The summed E-state index contributed by atoms with van der Waals surface area (Å²) >= 11 is 0. The molecular formula is C11H13NO2. The zero-order valence-electron chi connectivity index (χ0n) is 8.08. The van der Waals surface area contributed by atoms with E-state index < -0.39 is 0 Å². The maximum Gasteiger partial charge on any atom is 0.147 e. The lowest BCUT2D eigenvalue weighted by Crippen LogP contribution is -2.40. The van der Waals surface area contributed by atoms with Gasteiger partial charge in [-0.05, 0) is 25.0 Å². The third-order valence-corrected chi connectivity index (χ3v) is 2.69. The fourth-order valence-electron chi connectivity index (χ4n) is 1.82. The number of Topliss-reactive ketones (excluding diaryl/α,β-unsaturated/α-hetero) is 1. The van der Waals surface area contributed by atoms with Gasteiger partial charge in [0.2, 0.25) is 0 Å². The first-order chi connectivity index (χ1) is 6.68. The molecule has 1 aliphatic rings. The summed E-state index contributed by atoms with van der Waals surface area (Å²) in [6, 6.07) is 5.36. The largest absolute Gasteiger partial charge is 0.508 e. The van der Waals surface area contributed by atoms with Crippen molar-refractivity contribution in [3.05, 3.63) is 29.3 Å². The fourth-order valence-corrected chi connectivity index (χ4v) is 1.82. The molecule has 0 spiro atoms. The number of benzene rings is 1. The number of phenols is 1.